The number of hydrogen-bond acceptors (Lipinski definition) is 1. The summed E-state index contributed by atoms with van der Waals surface area (Å²) in [6.07, 6.45) is 0. The van der Waals surface area contributed by atoms with E-state index in [0.717, 1.165) is 53.1 Å². The van der Waals surface area contributed by atoms with Crippen molar-refractivity contribution in [2.24, 2.45) is 35.5 Å². The molecule has 0 saturated heterocycles. The van der Waals surface area contributed by atoms with E-state index >= 15 is 0 Å². The fourth-order valence-corrected chi connectivity index (χ4v) is 6.33. The first kappa shape index (κ1) is 7.37. The van der Waals surface area contributed by atoms with Gasteiger partial charge < -0.3 is 4.74 Å². The summed E-state index contributed by atoms with van der Waals surface area (Å²) in [5, 5.41) is 0. The van der Waals surface area contributed by atoms with Gasteiger partial charge >= 0.3 is 0 Å². The van der Waals surface area contributed by atoms with Crippen LogP contribution in [-0.2, 0) is 0 Å². The van der Waals surface area contributed by atoms with Crippen molar-refractivity contribution in [2.75, 3.05) is 7.11 Å². The summed E-state index contributed by atoms with van der Waals surface area (Å²) < 4.78 is 5.39. The minimum atomic E-state index is 0.945. The van der Waals surface area contributed by atoms with E-state index in [0.29, 0.717) is 0 Å². The highest BCUT2D eigenvalue weighted by Gasteiger charge is 2.88. The molecule has 1 heteroatoms. The minimum Gasteiger partial charge on any atom is -0.497 e. The van der Waals surface area contributed by atoms with Crippen LogP contribution in [0.5, 0.6) is 5.75 Å². The van der Waals surface area contributed by atoms with E-state index in [9.17, 15) is 0 Å². The average Bonchev–Trinajstić information content (AvgIpc) is 3.17. The molecule has 0 spiro atoms. The number of rotatable bonds is 1. The molecule has 0 radical (unpaired) electrons. The topological polar surface area (TPSA) is 9.23 Å². The van der Waals surface area contributed by atoms with Gasteiger partial charge in [-0.1, -0.05) is 6.07 Å². The Morgan fingerprint density at radius 3 is 2.06 bits per heavy atom. The zero-order valence-corrected chi connectivity index (χ0v) is 9.26. The summed E-state index contributed by atoms with van der Waals surface area (Å²) in [6.45, 7) is 0. The second-order valence-corrected chi connectivity index (χ2v) is 6.51. The molecule has 6 aliphatic rings. The first-order valence-corrected chi connectivity index (χ1v) is 6.59. The summed E-state index contributed by atoms with van der Waals surface area (Å²) in [5.74, 6) is 9.73. The van der Waals surface area contributed by atoms with Gasteiger partial charge in [-0.05, 0) is 70.6 Å². The van der Waals surface area contributed by atoms with Crippen LogP contribution in [0.1, 0.15) is 23.0 Å². The zero-order chi connectivity index (χ0) is 10.2. The summed E-state index contributed by atoms with van der Waals surface area (Å²) in [6, 6.07) is 6.88. The maximum absolute atomic E-state index is 5.39. The Hall–Kier alpha value is -0.980. The van der Waals surface area contributed by atoms with Crippen molar-refractivity contribution < 1.29 is 4.74 Å². The van der Waals surface area contributed by atoms with Gasteiger partial charge in [-0.2, -0.15) is 0 Å². The molecule has 1 aromatic carbocycles. The van der Waals surface area contributed by atoms with E-state index in [1.54, 1.807) is 18.2 Å². The molecule has 16 heavy (non-hydrogen) atoms. The molecule has 0 N–H and O–H groups in total. The van der Waals surface area contributed by atoms with Gasteiger partial charge in [0.2, 0.25) is 0 Å². The lowest BCUT2D eigenvalue weighted by atomic mass is 9.67. The Morgan fingerprint density at radius 1 is 0.812 bits per heavy atom. The SMILES string of the molecule is COc1ccc2c(c1)C1[C@@H]3[C@H]4C2[C@@H]2[C@@H]1[C@H]2[C@H]43. The minimum absolute atomic E-state index is 0.945. The highest BCUT2D eigenvalue weighted by atomic mass is 16.5. The highest BCUT2D eigenvalue weighted by Crippen LogP contribution is 2.94. The van der Waals surface area contributed by atoms with Crippen LogP contribution >= 0.6 is 0 Å². The number of ether oxygens (including phenoxy) is 1. The smallest absolute Gasteiger partial charge is 0.119 e. The van der Waals surface area contributed by atoms with Crippen LogP contribution in [-0.4, -0.2) is 7.11 Å². The molecule has 0 heterocycles. The third-order valence-electron chi connectivity index (χ3n) is 6.50. The van der Waals surface area contributed by atoms with Gasteiger partial charge in [0.15, 0.2) is 0 Å². The fraction of sp³-hybridized carbons (Fsp3) is 0.600. The van der Waals surface area contributed by atoms with Crippen LogP contribution in [0.25, 0.3) is 0 Å². The van der Waals surface area contributed by atoms with E-state index in [-0.39, 0.29) is 0 Å². The average molecular weight is 210 g/mol. The first-order chi connectivity index (χ1) is 7.92. The predicted molar refractivity (Wildman–Crippen MR) is 59.4 cm³/mol. The molecule has 2 bridgehead atoms. The lowest BCUT2D eigenvalue weighted by Gasteiger charge is -2.37. The normalized spacial score (nSPS) is 59.6. The van der Waals surface area contributed by atoms with Crippen molar-refractivity contribution in [3.63, 3.8) is 0 Å². The second-order valence-electron chi connectivity index (χ2n) is 6.51. The van der Waals surface area contributed by atoms with Gasteiger partial charge in [-0.25, -0.2) is 0 Å². The van der Waals surface area contributed by atoms with Crippen molar-refractivity contribution in [2.45, 2.75) is 11.8 Å². The third-order valence-corrected chi connectivity index (χ3v) is 6.50. The molecule has 2 unspecified atom stereocenters. The van der Waals surface area contributed by atoms with E-state index in [4.69, 9.17) is 4.74 Å². The Kier molecular flexibility index (Phi) is 0.843. The summed E-state index contributed by atoms with van der Waals surface area (Å²) in [7, 11) is 1.79. The Labute approximate surface area is 94.8 Å². The second kappa shape index (κ2) is 1.83. The molecule has 1 nitrogen and oxygen atoms in total. The van der Waals surface area contributed by atoms with Crippen LogP contribution in [0.15, 0.2) is 18.2 Å². The zero-order valence-electron chi connectivity index (χ0n) is 9.26. The molecule has 80 valence electrons. The summed E-state index contributed by atoms with van der Waals surface area (Å²) >= 11 is 0. The first-order valence-electron chi connectivity index (χ1n) is 6.59. The molecule has 8 atom stereocenters. The van der Waals surface area contributed by atoms with E-state index in [1.807, 2.05) is 0 Å². The maximum atomic E-state index is 5.39. The van der Waals surface area contributed by atoms with E-state index in [2.05, 4.69) is 18.2 Å². The van der Waals surface area contributed by atoms with Gasteiger partial charge in [0.05, 0.1) is 7.11 Å². The molecule has 4 saturated carbocycles. The van der Waals surface area contributed by atoms with Crippen molar-refractivity contribution in [3.8, 4) is 5.75 Å². The van der Waals surface area contributed by atoms with Gasteiger partial charge in [-0.15, -0.1) is 0 Å². The molecule has 7 rings (SSSR count). The standard InChI is InChI=1S/C15H14O/c1-16-5-2-3-6-7(4-5)9-12-10-8(6)11-13(9)15(11)14(10)12/h2-4,8-15H,1H3/t8?,9?,10-,11-,12-,13-,14-,15+/m1/s1. The van der Waals surface area contributed by atoms with Crippen LogP contribution in [0, 0.1) is 35.5 Å². The van der Waals surface area contributed by atoms with Crippen molar-refractivity contribution in [3.05, 3.63) is 29.3 Å². The number of hydrogen-bond donors (Lipinski definition) is 0. The van der Waals surface area contributed by atoms with E-state index in [1.165, 1.54) is 0 Å². The quantitative estimate of drug-likeness (QED) is 0.692. The molecule has 1 aromatic rings. The van der Waals surface area contributed by atoms with Crippen LogP contribution in [0.4, 0.5) is 0 Å². The lowest BCUT2D eigenvalue weighted by molar-refractivity contribution is 0.317. The molecular weight excluding hydrogens is 196 g/mol. The van der Waals surface area contributed by atoms with Gasteiger partial charge in [0.25, 0.3) is 0 Å². The van der Waals surface area contributed by atoms with E-state index < -0.39 is 0 Å². The molecule has 0 aromatic heterocycles. The fourth-order valence-electron chi connectivity index (χ4n) is 6.33. The van der Waals surface area contributed by atoms with Crippen LogP contribution < -0.4 is 4.74 Å². The largest absolute Gasteiger partial charge is 0.497 e. The van der Waals surface area contributed by atoms with Crippen molar-refractivity contribution >= 4 is 0 Å². The molecule has 0 aliphatic heterocycles. The van der Waals surface area contributed by atoms with Crippen molar-refractivity contribution in [1.29, 1.82) is 0 Å². The predicted octanol–water partition coefficient (Wildman–Crippen LogP) is 2.63. The monoisotopic (exact) mass is 210 g/mol. The van der Waals surface area contributed by atoms with Gasteiger partial charge in [-0.3, -0.25) is 0 Å². The molecule has 6 aliphatic carbocycles. The lowest BCUT2D eigenvalue weighted by Crippen LogP contribution is -2.26. The molecule has 4 fully saturated rings. The number of benzene rings is 1. The Balaban J connectivity index is 1.67. The molecular formula is C15H14O. The Morgan fingerprint density at radius 2 is 1.44 bits per heavy atom. The summed E-state index contributed by atoms with van der Waals surface area (Å²) in [4.78, 5) is 0. The highest BCUT2D eigenvalue weighted by molar-refractivity contribution is 5.56. The van der Waals surface area contributed by atoms with Gasteiger partial charge in [0, 0.05) is 0 Å². The Bertz CT molecular complexity index is 526. The number of methoxy groups -OCH3 is 1. The third kappa shape index (κ3) is 0.489. The molecule has 0 amide bonds. The summed E-state index contributed by atoms with van der Waals surface area (Å²) in [5.41, 5.74) is 3.38. The van der Waals surface area contributed by atoms with Crippen molar-refractivity contribution in [1.82, 2.24) is 0 Å². The van der Waals surface area contributed by atoms with Crippen LogP contribution in [0.2, 0.25) is 0 Å². The van der Waals surface area contributed by atoms with Crippen LogP contribution in [0.3, 0.4) is 0 Å². The maximum Gasteiger partial charge on any atom is 0.119 e. The van der Waals surface area contributed by atoms with Gasteiger partial charge in [0.1, 0.15) is 5.75 Å².